The molecule has 31 heavy (non-hydrogen) atoms. The second kappa shape index (κ2) is 8.14. The predicted octanol–water partition coefficient (Wildman–Crippen LogP) is 4.38. The zero-order valence-electron chi connectivity index (χ0n) is 17.6. The van der Waals surface area contributed by atoms with Crippen molar-refractivity contribution in [1.29, 1.82) is 0 Å². The number of rotatable bonds is 6. The van der Waals surface area contributed by atoms with Crippen LogP contribution in [-0.4, -0.2) is 47.5 Å². The number of hydrogen-bond acceptors (Lipinski definition) is 7. The lowest BCUT2D eigenvalue weighted by Gasteiger charge is -2.18. The summed E-state index contributed by atoms with van der Waals surface area (Å²) in [4.78, 5) is 11.8. The highest BCUT2D eigenvalue weighted by Gasteiger charge is 2.15. The van der Waals surface area contributed by atoms with Crippen LogP contribution in [0.4, 0.5) is 17.2 Å². The summed E-state index contributed by atoms with van der Waals surface area (Å²) in [7, 11) is 3.23. The molecular formula is C23H24N6O2. The third-order valence-electron chi connectivity index (χ3n) is 5.54. The lowest BCUT2D eigenvalue weighted by Crippen LogP contribution is -2.17. The van der Waals surface area contributed by atoms with Crippen molar-refractivity contribution in [2.45, 2.75) is 12.8 Å². The van der Waals surface area contributed by atoms with Gasteiger partial charge in [0.2, 0.25) is 0 Å². The van der Waals surface area contributed by atoms with Crippen LogP contribution in [0, 0.1) is 0 Å². The molecule has 8 heteroatoms. The van der Waals surface area contributed by atoms with Crippen LogP contribution in [0.15, 0.2) is 48.7 Å². The Balaban J connectivity index is 1.48. The van der Waals surface area contributed by atoms with Gasteiger partial charge in [0.15, 0.2) is 23.1 Å². The standard InChI is InChI=1S/C23H24N6O2/c1-30-19-10-5-15(13-20(19)31-2)22-26-18-14-24-28-21(18)23(27-22)25-16-6-8-17(9-7-16)29-11-3-4-12-29/h5-10,13-14H,3-4,11-12H2,1-2H3,(H,24,28)(H,25,26,27). The van der Waals surface area contributed by atoms with Crippen molar-refractivity contribution in [3.63, 3.8) is 0 Å². The third-order valence-corrected chi connectivity index (χ3v) is 5.54. The number of anilines is 3. The largest absolute Gasteiger partial charge is 0.493 e. The first-order valence-electron chi connectivity index (χ1n) is 10.3. The molecule has 0 radical (unpaired) electrons. The van der Waals surface area contributed by atoms with Crippen LogP contribution in [-0.2, 0) is 0 Å². The Kier molecular flexibility index (Phi) is 5.03. The molecule has 0 unspecified atom stereocenters. The van der Waals surface area contributed by atoms with Crippen molar-refractivity contribution in [1.82, 2.24) is 20.2 Å². The van der Waals surface area contributed by atoms with E-state index in [9.17, 15) is 0 Å². The Hall–Kier alpha value is -3.81. The fraction of sp³-hybridized carbons (Fsp3) is 0.261. The number of methoxy groups -OCH3 is 2. The van der Waals surface area contributed by atoms with Gasteiger partial charge in [-0.2, -0.15) is 5.10 Å². The van der Waals surface area contributed by atoms with E-state index in [0.29, 0.717) is 23.1 Å². The number of nitrogens with zero attached hydrogens (tertiary/aromatic N) is 4. The van der Waals surface area contributed by atoms with Gasteiger partial charge in [-0.05, 0) is 55.3 Å². The molecule has 8 nitrogen and oxygen atoms in total. The highest BCUT2D eigenvalue weighted by Crippen LogP contribution is 2.33. The van der Waals surface area contributed by atoms with Crippen molar-refractivity contribution in [3.05, 3.63) is 48.7 Å². The molecule has 0 amide bonds. The van der Waals surface area contributed by atoms with Gasteiger partial charge in [-0.1, -0.05) is 0 Å². The Bertz CT molecular complexity index is 1200. The summed E-state index contributed by atoms with van der Waals surface area (Å²) in [6.45, 7) is 2.25. The number of benzene rings is 2. The molecule has 2 aromatic carbocycles. The van der Waals surface area contributed by atoms with Gasteiger partial charge in [0, 0.05) is 30.0 Å². The number of nitrogens with one attached hydrogen (secondary N) is 2. The fourth-order valence-electron chi connectivity index (χ4n) is 3.90. The highest BCUT2D eigenvalue weighted by molar-refractivity contribution is 5.88. The van der Waals surface area contributed by atoms with E-state index in [1.807, 2.05) is 18.2 Å². The second-order valence-corrected chi connectivity index (χ2v) is 7.46. The lowest BCUT2D eigenvalue weighted by molar-refractivity contribution is 0.355. The molecular weight excluding hydrogens is 392 g/mol. The van der Waals surface area contributed by atoms with Gasteiger partial charge in [-0.3, -0.25) is 5.10 Å². The molecule has 0 spiro atoms. The van der Waals surface area contributed by atoms with E-state index in [4.69, 9.17) is 14.5 Å². The van der Waals surface area contributed by atoms with Crippen LogP contribution in [0.5, 0.6) is 11.5 Å². The minimum absolute atomic E-state index is 0.575. The van der Waals surface area contributed by atoms with Gasteiger partial charge in [-0.15, -0.1) is 0 Å². The van der Waals surface area contributed by atoms with Crippen LogP contribution in [0.2, 0.25) is 0 Å². The Morgan fingerprint density at radius 1 is 0.935 bits per heavy atom. The molecule has 1 fully saturated rings. The van der Waals surface area contributed by atoms with Crippen LogP contribution in [0.25, 0.3) is 22.4 Å². The average molecular weight is 416 g/mol. The van der Waals surface area contributed by atoms with Gasteiger partial charge < -0.3 is 19.7 Å². The number of aromatic amines is 1. The molecule has 1 aliphatic rings. The monoisotopic (exact) mass is 416 g/mol. The second-order valence-electron chi connectivity index (χ2n) is 7.46. The van der Waals surface area contributed by atoms with Crippen molar-refractivity contribution in [2.75, 3.05) is 37.5 Å². The summed E-state index contributed by atoms with van der Waals surface area (Å²) in [5.74, 6) is 2.53. The van der Waals surface area contributed by atoms with Gasteiger partial charge in [0.25, 0.3) is 0 Å². The molecule has 0 saturated carbocycles. The minimum Gasteiger partial charge on any atom is -0.493 e. The predicted molar refractivity (Wildman–Crippen MR) is 121 cm³/mol. The van der Waals surface area contributed by atoms with E-state index in [1.54, 1.807) is 20.4 Å². The van der Waals surface area contributed by atoms with Gasteiger partial charge in [0.05, 0.1) is 20.4 Å². The SMILES string of the molecule is COc1ccc(-c2nc(Nc3ccc(N4CCCC4)cc3)c3[nH]ncc3n2)cc1OC. The van der Waals surface area contributed by atoms with Crippen molar-refractivity contribution in [2.24, 2.45) is 0 Å². The maximum Gasteiger partial charge on any atom is 0.162 e. The van der Waals surface area contributed by atoms with Crippen molar-refractivity contribution < 1.29 is 9.47 Å². The molecule has 2 N–H and O–H groups in total. The first-order chi connectivity index (χ1) is 15.2. The van der Waals surface area contributed by atoms with Crippen LogP contribution in [0.1, 0.15) is 12.8 Å². The molecule has 3 heterocycles. The summed E-state index contributed by atoms with van der Waals surface area (Å²) in [5.41, 5.74) is 4.52. The molecule has 0 aliphatic carbocycles. The first-order valence-corrected chi connectivity index (χ1v) is 10.3. The summed E-state index contributed by atoms with van der Waals surface area (Å²) in [5, 5.41) is 10.6. The van der Waals surface area contributed by atoms with Gasteiger partial charge in [0.1, 0.15) is 11.0 Å². The minimum atomic E-state index is 0.575. The molecule has 5 rings (SSSR count). The van der Waals surface area contributed by atoms with E-state index in [0.717, 1.165) is 35.4 Å². The smallest absolute Gasteiger partial charge is 0.162 e. The number of ether oxygens (including phenoxy) is 2. The lowest BCUT2D eigenvalue weighted by atomic mass is 10.2. The summed E-state index contributed by atoms with van der Waals surface area (Å²) < 4.78 is 10.8. The Morgan fingerprint density at radius 2 is 1.71 bits per heavy atom. The maximum atomic E-state index is 5.43. The van der Waals surface area contributed by atoms with Crippen LogP contribution >= 0.6 is 0 Å². The summed E-state index contributed by atoms with van der Waals surface area (Å²) in [6.07, 6.45) is 4.22. The average Bonchev–Trinajstić information content (AvgIpc) is 3.51. The van der Waals surface area contributed by atoms with Crippen molar-refractivity contribution >= 4 is 28.2 Å². The number of hydrogen-bond donors (Lipinski definition) is 2. The molecule has 2 aromatic heterocycles. The quantitative estimate of drug-likeness (QED) is 0.482. The molecule has 4 aromatic rings. The summed E-state index contributed by atoms with van der Waals surface area (Å²) >= 11 is 0. The van der Waals surface area contributed by atoms with Gasteiger partial charge in [-0.25, -0.2) is 9.97 Å². The zero-order valence-corrected chi connectivity index (χ0v) is 17.6. The van der Waals surface area contributed by atoms with E-state index < -0.39 is 0 Å². The Morgan fingerprint density at radius 3 is 2.45 bits per heavy atom. The topological polar surface area (TPSA) is 88.2 Å². The van der Waals surface area contributed by atoms with E-state index in [1.165, 1.54) is 18.5 Å². The summed E-state index contributed by atoms with van der Waals surface area (Å²) in [6, 6.07) is 14.1. The van der Waals surface area contributed by atoms with Crippen LogP contribution in [0.3, 0.4) is 0 Å². The number of H-pyrrole nitrogens is 1. The first kappa shape index (κ1) is 19.2. The zero-order chi connectivity index (χ0) is 21.2. The molecule has 0 bridgehead atoms. The number of aromatic nitrogens is 4. The number of fused-ring (bicyclic) bond motifs is 1. The third kappa shape index (κ3) is 3.72. The van der Waals surface area contributed by atoms with E-state index >= 15 is 0 Å². The maximum absolute atomic E-state index is 5.43. The molecule has 1 saturated heterocycles. The fourth-order valence-corrected chi connectivity index (χ4v) is 3.90. The molecule has 1 aliphatic heterocycles. The Labute approximate surface area is 180 Å². The molecule has 0 atom stereocenters. The molecule has 158 valence electrons. The normalized spacial score (nSPS) is 13.5. The van der Waals surface area contributed by atoms with E-state index in [2.05, 4.69) is 49.7 Å². The van der Waals surface area contributed by atoms with Crippen molar-refractivity contribution in [3.8, 4) is 22.9 Å². The van der Waals surface area contributed by atoms with Gasteiger partial charge >= 0.3 is 0 Å². The highest BCUT2D eigenvalue weighted by atomic mass is 16.5. The van der Waals surface area contributed by atoms with Crippen LogP contribution < -0.4 is 19.7 Å². The van der Waals surface area contributed by atoms with E-state index in [-0.39, 0.29) is 0 Å².